The average Bonchev–Trinajstić information content (AvgIpc) is 2.60. The third-order valence-electron chi connectivity index (χ3n) is 4.19. The number of sulfonamides is 1. The molecule has 0 bridgehead atoms. The number of hydrogen-bond acceptors (Lipinski definition) is 3. The van der Waals surface area contributed by atoms with Crippen molar-refractivity contribution in [2.24, 2.45) is 5.92 Å². The third kappa shape index (κ3) is 5.37. The summed E-state index contributed by atoms with van der Waals surface area (Å²) in [7, 11) is -4.00. The molecule has 27 heavy (non-hydrogen) atoms. The van der Waals surface area contributed by atoms with E-state index in [1.807, 2.05) is 20.8 Å². The van der Waals surface area contributed by atoms with E-state index in [1.165, 1.54) is 30.3 Å². The van der Waals surface area contributed by atoms with Gasteiger partial charge in [-0.1, -0.05) is 55.2 Å². The van der Waals surface area contributed by atoms with Crippen molar-refractivity contribution in [1.82, 2.24) is 5.32 Å². The second-order valence-electron chi connectivity index (χ2n) is 6.52. The van der Waals surface area contributed by atoms with Crippen LogP contribution in [0.2, 0.25) is 10.0 Å². The SMILES string of the molecule is CC(C)[C@@H](C)NC(=O)CN(c1ccc(Cl)cc1Cl)S(=O)(=O)c1ccccc1. The minimum absolute atomic E-state index is 0.0701. The monoisotopic (exact) mass is 428 g/mol. The van der Waals surface area contributed by atoms with E-state index in [0.717, 1.165) is 4.31 Å². The summed E-state index contributed by atoms with van der Waals surface area (Å²) in [5.74, 6) is -0.200. The second kappa shape index (κ2) is 8.95. The lowest BCUT2D eigenvalue weighted by Crippen LogP contribution is -2.45. The maximum atomic E-state index is 13.2. The summed E-state index contributed by atoms with van der Waals surface area (Å²) in [5, 5.41) is 3.34. The number of halogens is 2. The van der Waals surface area contributed by atoms with Crippen LogP contribution in [0.3, 0.4) is 0 Å². The van der Waals surface area contributed by atoms with Gasteiger partial charge in [0.05, 0.1) is 15.6 Å². The highest BCUT2D eigenvalue weighted by molar-refractivity contribution is 7.92. The largest absolute Gasteiger partial charge is 0.352 e. The number of amides is 1. The third-order valence-corrected chi connectivity index (χ3v) is 6.50. The molecule has 0 radical (unpaired) electrons. The predicted octanol–water partition coefficient (Wildman–Crippen LogP) is 4.35. The topological polar surface area (TPSA) is 66.5 Å². The Morgan fingerprint density at radius 2 is 1.70 bits per heavy atom. The fraction of sp³-hybridized carbons (Fsp3) is 0.316. The summed E-state index contributed by atoms with van der Waals surface area (Å²) < 4.78 is 27.4. The number of nitrogens with one attached hydrogen (secondary N) is 1. The molecule has 0 unspecified atom stereocenters. The zero-order chi connectivity index (χ0) is 20.2. The molecule has 8 heteroatoms. The zero-order valence-corrected chi connectivity index (χ0v) is 17.6. The van der Waals surface area contributed by atoms with Gasteiger partial charge < -0.3 is 5.32 Å². The Morgan fingerprint density at radius 1 is 1.07 bits per heavy atom. The molecular formula is C19H22Cl2N2O3S. The van der Waals surface area contributed by atoms with Gasteiger partial charge in [-0.2, -0.15) is 0 Å². The highest BCUT2D eigenvalue weighted by atomic mass is 35.5. The number of benzene rings is 2. The van der Waals surface area contributed by atoms with Crippen LogP contribution in [0.4, 0.5) is 5.69 Å². The van der Waals surface area contributed by atoms with Gasteiger partial charge in [0.15, 0.2) is 0 Å². The van der Waals surface area contributed by atoms with Crippen LogP contribution in [0.1, 0.15) is 20.8 Å². The number of rotatable bonds is 7. The maximum absolute atomic E-state index is 13.2. The van der Waals surface area contributed by atoms with Crippen molar-refractivity contribution >= 4 is 44.8 Å². The van der Waals surface area contributed by atoms with Crippen LogP contribution in [0, 0.1) is 5.92 Å². The fourth-order valence-electron chi connectivity index (χ4n) is 2.30. The molecule has 0 saturated heterocycles. The molecule has 1 atom stereocenters. The normalized spacial score (nSPS) is 12.7. The highest BCUT2D eigenvalue weighted by Gasteiger charge is 2.29. The predicted molar refractivity (Wildman–Crippen MR) is 110 cm³/mol. The van der Waals surface area contributed by atoms with Crippen LogP contribution in [0.15, 0.2) is 53.4 Å². The summed E-state index contributed by atoms with van der Waals surface area (Å²) in [4.78, 5) is 12.6. The van der Waals surface area contributed by atoms with Crippen molar-refractivity contribution in [2.45, 2.75) is 31.7 Å². The molecule has 1 N–H and O–H groups in total. The van der Waals surface area contributed by atoms with E-state index in [2.05, 4.69) is 5.32 Å². The smallest absolute Gasteiger partial charge is 0.264 e. The highest BCUT2D eigenvalue weighted by Crippen LogP contribution is 2.32. The molecule has 1 amide bonds. The van der Waals surface area contributed by atoms with Gasteiger partial charge in [-0.05, 0) is 43.2 Å². The lowest BCUT2D eigenvalue weighted by Gasteiger charge is -2.26. The van der Waals surface area contributed by atoms with Crippen LogP contribution in [-0.2, 0) is 14.8 Å². The molecule has 2 aromatic rings. The Morgan fingerprint density at radius 3 is 2.26 bits per heavy atom. The van der Waals surface area contributed by atoms with Gasteiger partial charge in [-0.3, -0.25) is 9.10 Å². The van der Waals surface area contributed by atoms with Crippen LogP contribution in [0.5, 0.6) is 0 Å². The van der Waals surface area contributed by atoms with Gasteiger partial charge in [0.25, 0.3) is 10.0 Å². The molecule has 5 nitrogen and oxygen atoms in total. The fourth-order valence-corrected chi connectivity index (χ4v) is 4.32. The summed E-state index contributed by atoms with van der Waals surface area (Å²) in [5.41, 5.74) is 0.192. The van der Waals surface area contributed by atoms with E-state index in [0.29, 0.717) is 5.02 Å². The summed E-state index contributed by atoms with van der Waals surface area (Å²) in [6.07, 6.45) is 0. The quantitative estimate of drug-likeness (QED) is 0.712. The Kier molecular flexibility index (Phi) is 7.14. The molecule has 0 heterocycles. The zero-order valence-electron chi connectivity index (χ0n) is 15.3. The molecule has 146 valence electrons. The molecule has 0 saturated carbocycles. The molecule has 2 aromatic carbocycles. The first-order valence-electron chi connectivity index (χ1n) is 8.45. The lowest BCUT2D eigenvalue weighted by atomic mass is 10.1. The molecule has 0 fully saturated rings. The van der Waals surface area contributed by atoms with Crippen molar-refractivity contribution in [1.29, 1.82) is 0 Å². The van der Waals surface area contributed by atoms with Crippen LogP contribution in [-0.4, -0.2) is 26.9 Å². The van der Waals surface area contributed by atoms with Crippen molar-refractivity contribution in [3.05, 3.63) is 58.6 Å². The Labute approximate surface area is 170 Å². The molecule has 2 rings (SSSR count). The second-order valence-corrected chi connectivity index (χ2v) is 9.23. The summed E-state index contributed by atoms with van der Waals surface area (Å²) >= 11 is 12.2. The molecule has 0 aliphatic carbocycles. The Hall–Kier alpha value is -1.76. The maximum Gasteiger partial charge on any atom is 0.264 e. The van der Waals surface area contributed by atoms with Crippen molar-refractivity contribution in [2.75, 3.05) is 10.8 Å². The number of anilines is 1. The van der Waals surface area contributed by atoms with E-state index < -0.39 is 22.5 Å². The average molecular weight is 429 g/mol. The number of carbonyl (C=O) groups excluding carboxylic acids is 1. The van der Waals surface area contributed by atoms with E-state index >= 15 is 0 Å². The summed E-state index contributed by atoms with van der Waals surface area (Å²) in [6, 6.07) is 12.3. The molecular weight excluding hydrogens is 407 g/mol. The minimum atomic E-state index is -4.00. The molecule has 0 aliphatic rings. The minimum Gasteiger partial charge on any atom is -0.352 e. The van der Waals surface area contributed by atoms with Gasteiger partial charge in [-0.15, -0.1) is 0 Å². The molecule has 0 aliphatic heterocycles. The lowest BCUT2D eigenvalue weighted by molar-refractivity contribution is -0.120. The van der Waals surface area contributed by atoms with Crippen LogP contribution < -0.4 is 9.62 Å². The van der Waals surface area contributed by atoms with Gasteiger partial charge >= 0.3 is 0 Å². The Bertz CT molecular complexity index is 902. The number of carbonyl (C=O) groups is 1. The van der Waals surface area contributed by atoms with Crippen LogP contribution in [0.25, 0.3) is 0 Å². The van der Waals surface area contributed by atoms with Gasteiger partial charge in [0, 0.05) is 11.1 Å². The standard InChI is InChI=1S/C19H22Cl2N2O3S/c1-13(2)14(3)22-19(24)12-23(18-10-9-15(20)11-17(18)21)27(25,26)16-7-5-4-6-8-16/h4-11,13-14H,12H2,1-3H3,(H,22,24)/t14-/m1/s1. The molecule has 0 spiro atoms. The van der Waals surface area contributed by atoms with E-state index in [4.69, 9.17) is 23.2 Å². The number of nitrogens with zero attached hydrogens (tertiary/aromatic N) is 1. The van der Waals surface area contributed by atoms with Gasteiger partial charge in [-0.25, -0.2) is 8.42 Å². The van der Waals surface area contributed by atoms with Gasteiger partial charge in [0.1, 0.15) is 6.54 Å². The molecule has 0 aromatic heterocycles. The van der Waals surface area contributed by atoms with Gasteiger partial charge in [0.2, 0.25) is 5.91 Å². The van der Waals surface area contributed by atoms with E-state index in [1.54, 1.807) is 18.2 Å². The van der Waals surface area contributed by atoms with Crippen molar-refractivity contribution < 1.29 is 13.2 Å². The van der Waals surface area contributed by atoms with Crippen molar-refractivity contribution in [3.8, 4) is 0 Å². The number of hydrogen-bond donors (Lipinski definition) is 1. The van der Waals surface area contributed by atoms with Crippen molar-refractivity contribution in [3.63, 3.8) is 0 Å². The first-order chi connectivity index (χ1) is 12.6. The van der Waals surface area contributed by atoms with Crippen LogP contribution >= 0.6 is 23.2 Å². The first kappa shape index (κ1) is 21.5. The Balaban J connectivity index is 2.45. The van der Waals surface area contributed by atoms with E-state index in [-0.39, 0.29) is 27.6 Å². The van der Waals surface area contributed by atoms with E-state index in [9.17, 15) is 13.2 Å². The summed E-state index contributed by atoms with van der Waals surface area (Å²) in [6.45, 7) is 5.42. The first-order valence-corrected chi connectivity index (χ1v) is 10.6.